The van der Waals surface area contributed by atoms with Crippen LogP contribution in [0.1, 0.15) is 12.0 Å². The van der Waals surface area contributed by atoms with Gasteiger partial charge in [0.1, 0.15) is 11.3 Å². The first kappa shape index (κ1) is 22.6. The van der Waals surface area contributed by atoms with Crippen molar-refractivity contribution in [3.63, 3.8) is 0 Å². The molecule has 2 heterocycles. The van der Waals surface area contributed by atoms with E-state index in [9.17, 15) is 9.59 Å². The van der Waals surface area contributed by atoms with Crippen LogP contribution in [0.4, 0.5) is 0 Å². The summed E-state index contributed by atoms with van der Waals surface area (Å²) in [7, 11) is 1.56. The summed E-state index contributed by atoms with van der Waals surface area (Å²) in [4.78, 5) is 25.6. The fourth-order valence-corrected chi connectivity index (χ4v) is 3.30. The lowest BCUT2D eigenvalue weighted by molar-refractivity contribution is -0.147. The average Bonchev–Trinajstić information content (AvgIpc) is 3.49. The number of furan rings is 1. The number of hydrogen-bond donors (Lipinski definition) is 0. The number of carbonyl (C=O) groups excluding carboxylic acids is 2. The Hall–Kier alpha value is -4.64. The van der Waals surface area contributed by atoms with Gasteiger partial charge in [-0.15, -0.1) is 0 Å². The smallest absolute Gasteiger partial charge is 0.331 e. The number of para-hydroxylation sites is 2. The van der Waals surface area contributed by atoms with E-state index in [1.54, 1.807) is 24.0 Å². The number of aromatic nitrogens is 2. The van der Waals surface area contributed by atoms with Gasteiger partial charge in [-0.1, -0.05) is 36.4 Å². The van der Waals surface area contributed by atoms with Gasteiger partial charge in [0.25, 0.3) is 5.91 Å². The molecule has 1 amide bonds. The normalized spacial score (nSPS) is 10.9. The second-order valence-electron chi connectivity index (χ2n) is 7.53. The second-order valence-corrected chi connectivity index (χ2v) is 7.53. The summed E-state index contributed by atoms with van der Waals surface area (Å²) in [5, 5.41) is 14.2. The zero-order valence-corrected chi connectivity index (χ0v) is 18.5. The molecule has 8 heteroatoms. The van der Waals surface area contributed by atoms with Crippen molar-refractivity contribution in [1.29, 1.82) is 5.26 Å². The number of likely N-dealkylation sites (N-methyl/N-ethyl adjacent to an activating group) is 1. The number of carbonyl (C=O) groups is 2. The van der Waals surface area contributed by atoms with Crippen molar-refractivity contribution in [3.05, 3.63) is 78.5 Å². The fourth-order valence-electron chi connectivity index (χ4n) is 3.30. The average molecular weight is 454 g/mol. The maximum atomic E-state index is 12.2. The number of amides is 1. The van der Waals surface area contributed by atoms with Gasteiger partial charge in [-0.2, -0.15) is 10.4 Å². The standard InChI is InChI=1S/C26H22N4O4/c1-29(15-7-14-27)24(31)18-33-25(32)13-12-20-17-30(21-9-3-2-4-10-21)28-26(20)23-16-19-8-5-6-11-22(19)34-23/h2-6,8-13,16-17H,7,15,18H2,1H3/b13-12+. The molecule has 0 atom stereocenters. The minimum atomic E-state index is -0.662. The van der Waals surface area contributed by atoms with Gasteiger partial charge in [0, 0.05) is 36.8 Å². The Bertz CT molecular complexity index is 1350. The van der Waals surface area contributed by atoms with E-state index in [0.717, 1.165) is 16.7 Å². The van der Waals surface area contributed by atoms with Gasteiger partial charge in [0.05, 0.1) is 18.2 Å². The number of ether oxygens (including phenoxy) is 1. The van der Waals surface area contributed by atoms with Crippen molar-refractivity contribution >= 4 is 28.9 Å². The van der Waals surface area contributed by atoms with Crippen molar-refractivity contribution in [2.45, 2.75) is 6.42 Å². The highest BCUT2D eigenvalue weighted by Gasteiger charge is 2.16. The van der Waals surface area contributed by atoms with Crippen molar-refractivity contribution in [2.75, 3.05) is 20.2 Å². The third-order valence-electron chi connectivity index (χ3n) is 5.14. The molecule has 170 valence electrons. The van der Waals surface area contributed by atoms with Crippen LogP contribution in [0.15, 0.2) is 77.4 Å². The summed E-state index contributed by atoms with van der Waals surface area (Å²) in [6, 6.07) is 21.1. The molecule has 0 spiro atoms. The first-order valence-corrected chi connectivity index (χ1v) is 10.6. The maximum Gasteiger partial charge on any atom is 0.331 e. The minimum absolute atomic E-state index is 0.214. The summed E-state index contributed by atoms with van der Waals surface area (Å²) < 4.78 is 12.8. The van der Waals surface area contributed by atoms with Gasteiger partial charge in [0.2, 0.25) is 0 Å². The number of hydrogen-bond acceptors (Lipinski definition) is 6. The highest BCUT2D eigenvalue weighted by atomic mass is 16.5. The third kappa shape index (κ3) is 5.22. The minimum Gasteiger partial charge on any atom is -0.454 e. The molecular weight excluding hydrogens is 432 g/mol. The van der Waals surface area contributed by atoms with Crippen LogP contribution in [0.3, 0.4) is 0 Å². The van der Waals surface area contributed by atoms with Crippen LogP contribution in [0.2, 0.25) is 0 Å². The van der Waals surface area contributed by atoms with E-state index >= 15 is 0 Å². The van der Waals surface area contributed by atoms with Crippen molar-refractivity contribution in [3.8, 4) is 23.2 Å². The fraction of sp³-hybridized carbons (Fsp3) is 0.154. The first-order chi connectivity index (χ1) is 16.5. The summed E-state index contributed by atoms with van der Waals surface area (Å²) >= 11 is 0. The molecule has 0 saturated heterocycles. The number of esters is 1. The Labute approximate surface area is 196 Å². The molecule has 0 aliphatic heterocycles. The van der Waals surface area contributed by atoms with Gasteiger partial charge in [-0.25, -0.2) is 9.48 Å². The Kier molecular flexibility index (Phi) is 6.84. The molecule has 0 N–H and O–H groups in total. The maximum absolute atomic E-state index is 12.2. The van der Waals surface area contributed by atoms with Crippen LogP contribution in [0, 0.1) is 11.3 Å². The summed E-state index contributed by atoms with van der Waals surface area (Å²) in [6.45, 7) is -0.118. The summed E-state index contributed by atoms with van der Waals surface area (Å²) in [5.41, 5.74) is 2.81. The number of rotatable bonds is 8. The van der Waals surface area contributed by atoms with E-state index in [2.05, 4.69) is 5.10 Å². The first-order valence-electron chi connectivity index (χ1n) is 10.6. The van der Waals surface area contributed by atoms with Crippen LogP contribution in [-0.4, -0.2) is 46.8 Å². The number of nitriles is 1. The lowest BCUT2D eigenvalue weighted by Gasteiger charge is -2.14. The highest BCUT2D eigenvalue weighted by Crippen LogP contribution is 2.30. The quantitative estimate of drug-likeness (QED) is 0.292. The van der Waals surface area contributed by atoms with E-state index in [0.29, 0.717) is 17.0 Å². The molecule has 0 aliphatic carbocycles. The molecule has 0 radical (unpaired) electrons. The number of fused-ring (bicyclic) bond motifs is 1. The Balaban J connectivity index is 1.56. The van der Waals surface area contributed by atoms with Crippen molar-refractivity contribution in [1.82, 2.24) is 14.7 Å². The largest absolute Gasteiger partial charge is 0.454 e. The molecule has 8 nitrogen and oxygen atoms in total. The van der Waals surface area contributed by atoms with Crippen molar-refractivity contribution < 1.29 is 18.7 Å². The molecule has 34 heavy (non-hydrogen) atoms. The van der Waals surface area contributed by atoms with Gasteiger partial charge in [-0.05, 0) is 30.3 Å². The highest BCUT2D eigenvalue weighted by molar-refractivity contribution is 5.91. The van der Waals surface area contributed by atoms with E-state index in [1.165, 1.54) is 11.0 Å². The predicted molar refractivity (Wildman–Crippen MR) is 127 cm³/mol. The lowest BCUT2D eigenvalue weighted by atomic mass is 10.2. The summed E-state index contributed by atoms with van der Waals surface area (Å²) in [5.74, 6) is -0.472. The molecule has 2 aromatic carbocycles. The lowest BCUT2D eigenvalue weighted by Crippen LogP contribution is -2.31. The number of nitrogens with zero attached hydrogens (tertiary/aromatic N) is 4. The van der Waals surface area contributed by atoms with Gasteiger partial charge < -0.3 is 14.1 Å². The molecule has 0 fully saturated rings. The van der Waals surface area contributed by atoms with Crippen LogP contribution < -0.4 is 0 Å². The van der Waals surface area contributed by atoms with Gasteiger partial charge in [-0.3, -0.25) is 4.79 Å². The van der Waals surface area contributed by atoms with Crippen LogP contribution in [0.25, 0.3) is 34.2 Å². The van der Waals surface area contributed by atoms with E-state index in [4.69, 9.17) is 14.4 Å². The van der Waals surface area contributed by atoms with Crippen LogP contribution in [0.5, 0.6) is 0 Å². The second kappa shape index (κ2) is 10.3. The monoisotopic (exact) mass is 454 g/mol. The van der Waals surface area contributed by atoms with E-state index in [1.807, 2.05) is 66.7 Å². The van der Waals surface area contributed by atoms with E-state index < -0.39 is 12.6 Å². The zero-order valence-electron chi connectivity index (χ0n) is 18.5. The van der Waals surface area contributed by atoms with Crippen molar-refractivity contribution in [2.24, 2.45) is 0 Å². The molecule has 2 aromatic heterocycles. The predicted octanol–water partition coefficient (Wildman–Crippen LogP) is 4.21. The van der Waals surface area contributed by atoms with E-state index in [-0.39, 0.29) is 18.9 Å². The van der Waals surface area contributed by atoms with Gasteiger partial charge >= 0.3 is 5.97 Å². The Morgan fingerprint density at radius 1 is 1.18 bits per heavy atom. The van der Waals surface area contributed by atoms with Gasteiger partial charge in [0.15, 0.2) is 12.4 Å². The Morgan fingerprint density at radius 2 is 1.94 bits per heavy atom. The molecule has 4 rings (SSSR count). The summed E-state index contributed by atoms with van der Waals surface area (Å²) in [6.07, 6.45) is 4.84. The molecule has 0 aliphatic rings. The molecule has 0 bridgehead atoms. The topological polar surface area (TPSA) is 101 Å². The molecular formula is C26H22N4O4. The third-order valence-corrected chi connectivity index (χ3v) is 5.14. The molecule has 0 saturated carbocycles. The molecule has 0 unspecified atom stereocenters. The SMILES string of the molecule is CN(CCC#N)C(=O)COC(=O)/C=C/c1cn(-c2ccccc2)nc1-c1cc2ccccc2o1. The molecule has 4 aromatic rings. The van der Waals surface area contributed by atoms with Crippen LogP contribution >= 0.6 is 0 Å². The zero-order chi connectivity index (χ0) is 23.9. The Morgan fingerprint density at radius 3 is 2.71 bits per heavy atom. The van der Waals surface area contributed by atoms with Crippen LogP contribution in [-0.2, 0) is 14.3 Å². The number of benzene rings is 2.